The van der Waals surface area contributed by atoms with Crippen LogP contribution >= 0.6 is 0 Å². The summed E-state index contributed by atoms with van der Waals surface area (Å²) >= 11 is 0. The van der Waals surface area contributed by atoms with Crippen molar-refractivity contribution in [3.05, 3.63) is 0 Å². The van der Waals surface area contributed by atoms with E-state index in [9.17, 15) is 0 Å². The molecule has 1 rings (SSSR count). The molecule has 0 spiro atoms. The van der Waals surface area contributed by atoms with Crippen LogP contribution in [0.25, 0.3) is 0 Å². The fourth-order valence-electron chi connectivity index (χ4n) is 2.75. The number of hydrogen-bond donors (Lipinski definition) is 1. The predicted octanol–water partition coefficient (Wildman–Crippen LogP) is 4.53. The first-order valence-corrected chi connectivity index (χ1v) is 8.61. The van der Waals surface area contributed by atoms with E-state index in [0.29, 0.717) is 6.10 Å². The summed E-state index contributed by atoms with van der Waals surface area (Å²) in [5, 5.41) is 3.50. The molecule has 114 valence electrons. The molecule has 0 heterocycles. The Morgan fingerprint density at radius 2 is 1.63 bits per heavy atom. The molecule has 0 radical (unpaired) electrons. The van der Waals surface area contributed by atoms with E-state index in [1.54, 1.807) is 0 Å². The van der Waals surface area contributed by atoms with Gasteiger partial charge in [0.25, 0.3) is 0 Å². The summed E-state index contributed by atoms with van der Waals surface area (Å²) in [5.74, 6) is 0.771. The van der Waals surface area contributed by atoms with E-state index < -0.39 is 0 Å². The van der Waals surface area contributed by atoms with E-state index >= 15 is 0 Å². The van der Waals surface area contributed by atoms with Crippen molar-refractivity contribution in [1.29, 1.82) is 0 Å². The van der Waals surface area contributed by atoms with E-state index in [1.165, 1.54) is 70.8 Å². The molecule has 0 aromatic heterocycles. The maximum Gasteiger partial charge on any atom is 0.0575 e. The van der Waals surface area contributed by atoms with Gasteiger partial charge in [0.15, 0.2) is 0 Å². The van der Waals surface area contributed by atoms with Gasteiger partial charge in [0.05, 0.1) is 6.10 Å². The van der Waals surface area contributed by atoms with Crippen LogP contribution in [0.5, 0.6) is 0 Å². The van der Waals surface area contributed by atoms with Gasteiger partial charge < -0.3 is 10.1 Å². The molecule has 2 heteroatoms. The topological polar surface area (TPSA) is 21.3 Å². The second-order valence-electron chi connectivity index (χ2n) is 6.50. The highest BCUT2D eigenvalue weighted by molar-refractivity contribution is 4.63. The second kappa shape index (κ2) is 11.7. The van der Waals surface area contributed by atoms with Gasteiger partial charge in [0, 0.05) is 6.61 Å². The predicted molar refractivity (Wildman–Crippen MR) is 83.6 cm³/mol. The van der Waals surface area contributed by atoms with Gasteiger partial charge in [-0.15, -0.1) is 0 Å². The summed E-state index contributed by atoms with van der Waals surface area (Å²) in [7, 11) is 0. The van der Waals surface area contributed by atoms with Gasteiger partial charge in [-0.3, -0.25) is 0 Å². The Balaban J connectivity index is 1.80. The zero-order valence-electron chi connectivity index (χ0n) is 13.3. The van der Waals surface area contributed by atoms with E-state index in [0.717, 1.165) is 19.1 Å². The van der Waals surface area contributed by atoms with Crippen LogP contribution in [0, 0.1) is 5.92 Å². The number of nitrogens with one attached hydrogen (secondary N) is 1. The minimum absolute atomic E-state index is 0.579. The third-order valence-corrected chi connectivity index (χ3v) is 3.96. The Bertz CT molecular complexity index is 186. The van der Waals surface area contributed by atoms with Crippen molar-refractivity contribution in [2.75, 3.05) is 19.7 Å². The largest absolute Gasteiger partial charge is 0.378 e. The van der Waals surface area contributed by atoms with E-state index in [1.807, 2.05) is 0 Å². The average Bonchev–Trinajstić information content (AvgIpc) is 2.65. The lowest BCUT2D eigenvalue weighted by Crippen LogP contribution is -2.20. The van der Waals surface area contributed by atoms with Crippen molar-refractivity contribution in [2.45, 2.75) is 84.2 Å². The van der Waals surface area contributed by atoms with Crippen molar-refractivity contribution in [3.63, 3.8) is 0 Å². The van der Waals surface area contributed by atoms with Crippen molar-refractivity contribution in [1.82, 2.24) is 5.32 Å². The van der Waals surface area contributed by atoms with Crippen molar-refractivity contribution >= 4 is 0 Å². The minimum atomic E-state index is 0.579. The molecule has 0 aliphatic heterocycles. The third kappa shape index (κ3) is 10.4. The first kappa shape index (κ1) is 17.0. The Kier molecular flexibility index (Phi) is 10.5. The highest BCUT2D eigenvalue weighted by Gasteiger charge is 2.11. The Morgan fingerprint density at radius 1 is 0.947 bits per heavy atom. The Hall–Kier alpha value is -0.0800. The number of ether oxygens (including phenoxy) is 1. The Morgan fingerprint density at radius 3 is 2.32 bits per heavy atom. The monoisotopic (exact) mass is 269 g/mol. The van der Waals surface area contributed by atoms with Crippen molar-refractivity contribution < 1.29 is 4.74 Å². The lowest BCUT2D eigenvalue weighted by Gasteiger charge is -2.15. The number of rotatable bonds is 10. The zero-order valence-corrected chi connectivity index (χ0v) is 13.3. The highest BCUT2D eigenvalue weighted by Crippen LogP contribution is 2.20. The molecular weight excluding hydrogens is 234 g/mol. The molecule has 0 bridgehead atoms. The number of unbranched alkanes of at least 4 members (excludes halogenated alkanes) is 3. The highest BCUT2D eigenvalue weighted by atomic mass is 16.5. The maximum absolute atomic E-state index is 6.01. The summed E-state index contributed by atoms with van der Waals surface area (Å²) in [6.07, 6.45) is 14.0. The molecule has 1 aliphatic carbocycles. The molecule has 0 atom stereocenters. The van der Waals surface area contributed by atoms with Crippen molar-refractivity contribution in [3.8, 4) is 0 Å². The summed E-state index contributed by atoms with van der Waals surface area (Å²) < 4.78 is 6.01. The van der Waals surface area contributed by atoms with Gasteiger partial charge in [-0.05, 0) is 44.7 Å². The van der Waals surface area contributed by atoms with Crippen LogP contribution in [-0.4, -0.2) is 25.8 Å². The van der Waals surface area contributed by atoms with Crippen LogP contribution in [0.4, 0.5) is 0 Å². The first-order valence-electron chi connectivity index (χ1n) is 8.61. The smallest absolute Gasteiger partial charge is 0.0575 e. The molecule has 0 amide bonds. The van der Waals surface area contributed by atoms with Crippen LogP contribution in [0.3, 0.4) is 0 Å². The normalized spacial score (nSPS) is 17.8. The van der Waals surface area contributed by atoms with Gasteiger partial charge in [0.2, 0.25) is 0 Å². The molecule has 19 heavy (non-hydrogen) atoms. The van der Waals surface area contributed by atoms with Crippen LogP contribution in [0.15, 0.2) is 0 Å². The minimum Gasteiger partial charge on any atom is -0.378 e. The van der Waals surface area contributed by atoms with Crippen LogP contribution in [0.2, 0.25) is 0 Å². The Labute approximate surface area is 120 Å². The van der Waals surface area contributed by atoms with Crippen LogP contribution in [-0.2, 0) is 4.74 Å². The quantitative estimate of drug-likeness (QED) is 0.464. The fraction of sp³-hybridized carbons (Fsp3) is 1.00. The number of hydrogen-bond acceptors (Lipinski definition) is 2. The van der Waals surface area contributed by atoms with Gasteiger partial charge >= 0.3 is 0 Å². The lowest BCUT2D eigenvalue weighted by molar-refractivity contribution is 0.0407. The van der Waals surface area contributed by atoms with E-state index in [4.69, 9.17) is 4.74 Å². The van der Waals surface area contributed by atoms with Gasteiger partial charge in [-0.1, -0.05) is 52.4 Å². The zero-order chi connectivity index (χ0) is 13.8. The summed E-state index contributed by atoms with van der Waals surface area (Å²) in [6, 6.07) is 0. The lowest BCUT2D eigenvalue weighted by atomic mass is 10.1. The van der Waals surface area contributed by atoms with Crippen LogP contribution in [0.1, 0.15) is 78.1 Å². The van der Waals surface area contributed by atoms with Crippen molar-refractivity contribution in [2.24, 2.45) is 5.92 Å². The molecule has 1 saturated carbocycles. The molecule has 1 fully saturated rings. The summed E-state index contributed by atoms with van der Waals surface area (Å²) in [6.45, 7) is 7.85. The fourth-order valence-corrected chi connectivity index (χ4v) is 2.75. The van der Waals surface area contributed by atoms with Crippen LogP contribution < -0.4 is 5.32 Å². The van der Waals surface area contributed by atoms with Gasteiger partial charge in [-0.2, -0.15) is 0 Å². The average molecular weight is 269 g/mol. The SMILES string of the molecule is CC(C)CNCCCCCCOC1CCCCCC1. The first-order chi connectivity index (χ1) is 9.29. The molecule has 0 unspecified atom stereocenters. The summed E-state index contributed by atoms with van der Waals surface area (Å²) in [5.41, 5.74) is 0. The third-order valence-electron chi connectivity index (χ3n) is 3.96. The van der Waals surface area contributed by atoms with Gasteiger partial charge in [-0.25, -0.2) is 0 Å². The summed E-state index contributed by atoms with van der Waals surface area (Å²) in [4.78, 5) is 0. The van der Waals surface area contributed by atoms with E-state index in [2.05, 4.69) is 19.2 Å². The second-order valence-corrected chi connectivity index (χ2v) is 6.50. The molecule has 1 aliphatic rings. The standard InChI is InChI=1S/C17H35NO/c1-16(2)15-18-13-9-5-6-10-14-19-17-11-7-3-4-8-12-17/h16-18H,3-15H2,1-2H3. The molecular formula is C17H35NO. The molecule has 0 saturated heterocycles. The van der Waals surface area contributed by atoms with E-state index in [-0.39, 0.29) is 0 Å². The molecule has 0 aromatic carbocycles. The molecule has 2 nitrogen and oxygen atoms in total. The molecule has 0 aromatic rings. The molecule has 1 N–H and O–H groups in total. The van der Waals surface area contributed by atoms with Gasteiger partial charge in [0.1, 0.15) is 0 Å². The maximum atomic E-state index is 6.01.